The minimum atomic E-state index is -0.762. The molecule has 0 spiro atoms. The molecule has 0 amide bonds. The van der Waals surface area contributed by atoms with E-state index in [1.807, 2.05) is 0 Å². The van der Waals surface area contributed by atoms with Crippen LogP contribution >= 0.6 is 0 Å². The molecule has 0 saturated carbocycles. The van der Waals surface area contributed by atoms with Crippen LogP contribution in [0.1, 0.15) is 304 Å². The fraction of sp³-hybridized carbons (Fsp3) is 0.945. The van der Waals surface area contributed by atoms with Crippen LogP contribution in [0, 0.1) is 11.8 Å². The third-order valence-corrected chi connectivity index (χ3v) is 12.8. The van der Waals surface area contributed by atoms with Crippen LogP contribution in [0.15, 0.2) is 0 Å². The lowest BCUT2D eigenvalue weighted by atomic mass is 9.99. The fourth-order valence-corrected chi connectivity index (χ4v) is 8.31. The Labute approximate surface area is 380 Å². The van der Waals surface area contributed by atoms with E-state index in [0.29, 0.717) is 19.3 Å². The van der Waals surface area contributed by atoms with Gasteiger partial charge in [0.1, 0.15) is 13.2 Å². The summed E-state index contributed by atoms with van der Waals surface area (Å²) in [7, 11) is 0. The summed E-state index contributed by atoms with van der Waals surface area (Å²) in [4.78, 5) is 38.0. The molecule has 6 heteroatoms. The second-order valence-electron chi connectivity index (χ2n) is 19.6. The fourth-order valence-electron chi connectivity index (χ4n) is 8.31. The summed E-state index contributed by atoms with van der Waals surface area (Å²) < 4.78 is 16.8. The highest BCUT2D eigenvalue weighted by molar-refractivity contribution is 5.71. The van der Waals surface area contributed by atoms with Gasteiger partial charge in [-0.05, 0) is 31.1 Å². The van der Waals surface area contributed by atoms with Crippen molar-refractivity contribution >= 4 is 17.9 Å². The highest BCUT2D eigenvalue weighted by Crippen LogP contribution is 2.18. The molecule has 0 aromatic carbocycles. The average Bonchev–Trinajstić information content (AvgIpc) is 3.24. The lowest BCUT2D eigenvalue weighted by Crippen LogP contribution is -2.30. The average molecular weight is 863 g/mol. The number of unbranched alkanes of at least 4 members (excludes halogenated alkanes) is 33. The van der Waals surface area contributed by atoms with E-state index in [4.69, 9.17) is 14.2 Å². The second kappa shape index (κ2) is 47.9. The number of hydrogen-bond acceptors (Lipinski definition) is 6. The molecule has 362 valence electrons. The van der Waals surface area contributed by atoms with Crippen molar-refractivity contribution in [2.24, 2.45) is 11.8 Å². The van der Waals surface area contributed by atoms with E-state index >= 15 is 0 Å². The van der Waals surface area contributed by atoms with Crippen LogP contribution < -0.4 is 0 Å². The van der Waals surface area contributed by atoms with Gasteiger partial charge in [-0.1, -0.05) is 266 Å². The molecule has 0 aliphatic heterocycles. The standard InChI is InChI=1S/C55H106O6/c1-6-8-9-10-11-12-13-14-15-16-21-24-27-30-37-42-47-55(58)61-52(49-60-54(57)46-41-36-32-31-33-38-43-50(3)4)48-59-53(56)45-40-35-29-26-23-20-18-17-19-22-25-28-34-39-44-51(5)7-2/h50-52H,6-49H2,1-5H3/t51?,52-/m0/s1. The van der Waals surface area contributed by atoms with Gasteiger partial charge in [0.25, 0.3) is 0 Å². The first-order chi connectivity index (χ1) is 29.8. The first-order valence-electron chi connectivity index (χ1n) is 27.3. The van der Waals surface area contributed by atoms with E-state index in [1.54, 1.807) is 0 Å². The molecule has 0 N–H and O–H groups in total. The Morgan fingerprint density at radius 1 is 0.344 bits per heavy atom. The summed E-state index contributed by atoms with van der Waals surface area (Å²) in [5.41, 5.74) is 0. The van der Waals surface area contributed by atoms with Gasteiger partial charge in [-0.25, -0.2) is 0 Å². The molecule has 0 radical (unpaired) electrons. The van der Waals surface area contributed by atoms with Crippen LogP contribution in [0.3, 0.4) is 0 Å². The SMILES string of the molecule is CCCCCCCCCCCCCCCCCCC(=O)O[C@@H](COC(=O)CCCCCCCCCCCCCCCCC(C)CC)COC(=O)CCCCCCCCC(C)C. The Bertz CT molecular complexity index is 933. The molecule has 6 nitrogen and oxygen atoms in total. The van der Waals surface area contributed by atoms with Crippen molar-refractivity contribution in [2.75, 3.05) is 13.2 Å². The van der Waals surface area contributed by atoms with Crippen molar-refractivity contribution in [3.05, 3.63) is 0 Å². The molecule has 0 aliphatic rings. The van der Waals surface area contributed by atoms with Crippen LogP contribution in [0.2, 0.25) is 0 Å². The molecule has 0 fully saturated rings. The molecule has 0 aromatic rings. The van der Waals surface area contributed by atoms with E-state index in [2.05, 4.69) is 34.6 Å². The molecule has 0 bridgehead atoms. The van der Waals surface area contributed by atoms with E-state index in [1.165, 1.54) is 193 Å². The first-order valence-corrected chi connectivity index (χ1v) is 27.3. The normalized spacial score (nSPS) is 12.5. The van der Waals surface area contributed by atoms with Gasteiger partial charge in [-0.15, -0.1) is 0 Å². The van der Waals surface area contributed by atoms with Gasteiger partial charge in [0, 0.05) is 19.3 Å². The summed E-state index contributed by atoms with van der Waals surface area (Å²) in [6.45, 7) is 11.4. The summed E-state index contributed by atoms with van der Waals surface area (Å²) in [6.07, 6.45) is 49.6. The Morgan fingerprint density at radius 3 is 0.934 bits per heavy atom. The van der Waals surface area contributed by atoms with Gasteiger partial charge >= 0.3 is 17.9 Å². The van der Waals surface area contributed by atoms with E-state index < -0.39 is 6.10 Å². The van der Waals surface area contributed by atoms with Gasteiger partial charge in [-0.3, -0.25) is 14.4 Å². The molecule has 2 atom stereocenters. The van der Waals surface area contributed by atoms with Crippen LogP contribution in [-0.2, 0) is 28.6 Å². The predicted octanol–water partition coefficient (Wildman–Crippen LogP) is 17.7. The van der Waals surface area contributed by atoms with Gasteiger partial charge in [0.2, 0.25) is 0 Å². The predicted molar refractivity (Wildman–Crippen MR) is 261 cm³/mol. The van der Waals surface area contributed by atoms with Gasteiger partial charge in [0.05, 0.1) is 0 Å². The maximum Gasteiger partial charge on any atom is 0.306 e. The molecule has 61 heavy (non-hydrogen) atoms. The maximum atomic E-state index is 12.8. The van der Waals surface area contributed by atoms with Crippen molar-refractivity contribution in [3.63, 3.8) is 0 Å². The monoisotopic (exact) mass is 863 g/mol. The van der Waals surface area contributed by atoms with Crippen LogP contribution in [0.4, 0.5) is 0 Å². The summed E-state index contributed by atoms with van der Waals surface area (Å²) in [5, 5.41) is 0. The van der Waals surface area contributed by atoms with E-state index in [0.717, 1.165) is 69.6 Å². The van der Waals surface area contributed by atoms with Crippen LogP contribution in [-0.4, -0.2) is 37.2 Å². The molecule has 1 unspecified atom stereocenters. The zero-order valence-electron chi connectivity index (χ0n) is 41.8. The highest BCUT2D eigenvalue weighted by Gasteiger charge is 2.19. The minimum Gasteiger partial charge on any atom is -0.462 e. The summed E-state index contributed by atoms with van der Waals surface area (Å²) >= 11 is 0. The van der Waals surface area contributed by atoms with Crippen molar-refractivity contribution in [3.8, 4) is 0 Å². The number of carbonyl (C=O) groups excluding carboxylic acids is 3. The summed E-state index contributed by atoms with van der Waals surface area (Å²) in [6, 6.07) is 0. The van der Waals surface area contributed by atoms with Crippen LogP contribution in [0.5, 0.6) is 0 Å². The molecule has 0 aromatic heterocycles. The Morgan fingerprint density at radius 2 is 0.623 bits per heavy atom. The number of hydrogen-bond donors (Lipinski definition) is 0. The zero-order valence-corrected chi connectivity index (χ0v) is 41.8. The number of esters is 3. The summed E-state index contributed by atoms with van der Waals surface area (Å²) in [5.74, 6) is 0.810. The highest BCUT2D eigenvalue weighted by atomic mass is 16.6. The Kier molecular flexibility index (Phi) is 46.6. The van der Waals surface area contributed by atoms with Gasteiger partial charge < -0.3 is 14.2 Å². The van der Waals surface area contributed by atoms with Crippen molar-refractivity contribution < 1.29 is 28.6 Å². The molecular formula is C55H106O6. The second-order valence-corrected chi connectivity index (χ2v) is 19.6. The van der Waals surface area contributed by atoms with E-state index in [9.17, 15) is 14.4 Å². The van der Waals surface area contributed by atoms with Crippen molar-refractivity contribution in [1.82, 2.24) is 0 Å². The molecule has 0 rings (SSSR count). The maximum absolute atomic E-state index is 12.8. The number of carbonyl (C=O) groups is 3. The largest absolute Gasteiger partial charge is 0.462 e. The molecule has 0 saturated heterocycles. The Hall–Kier alpha value is -1.59. The minimum absolute atomic E-state index is 0.0641. The lowest BCUT2D eigenvalue weighted by molar-refractivity contribution is -0.167. The quantitative estimate of drug-likeness (QED) is 0.0344. The number of ether oxygens (including phenoxy) is 3. The van der Waals surface area contributed by atoms with Crippen LogP contribution in [0.25, 0.3) is 0 Å². The first kappa shape index (κ1) is 59.4. The van der Waals surface area contributed by atoms with Crippen molar-refractivity contribution in [1.29, 1.82) is 0 Å². The molecule has 0 heterocycles. The van der Waals surface area contributed by atoms with Gasteiger partial charge in [0.15, 0.2) is 6.10 Å². The molecule has 0 aliphatic carbocycles. The number of rotatable bonds is 49. The van der Waals surface area contributed by atoms with E-state index in [-0.39, 0.29) is 31.1 Å². The topological polar surface area (TPSA) is 78.9 Å². The van der Waals surface area contributed by atoms with Crippen molar-refractivity contribution in [2.45, 2.75) is 310 Å². The molecular weight excluding hydrogens is 757 g/mol. The third-order valence-electron chi connectivity index (χ3n) is 12.8. The lowest BCUT2D eigenvalue weighted by Gasteiger charge is -2.18. The van der Waals surface area contributed by atoms with Gasteiger partial charge in [-0.2, -0.15) is 0 Å². The third kappa shape index (κ3) is 47.7. The Balaban J connectivity index is 4.24. The smallest absolute Gasteiger partial charge is 0.306 e. The zero-order chi connectivity index (χ0) is 44.7.